The number of imidazole rings is 1. The molecule has 1 aliphatic carbocycles. The average Bonchev–Trinajstić information content (AvgIpc) is 3.47. The molecule has 2 heterocycles. The van der Waals surface area contributed by atoms with E-state index in [-0.39, 0.29) is 11.7 Å². The lowest BCUT2D eigenvalue weighted by Gasteiger charge is -2.23. The Balaban J connectivity index is 1.30. The minimum absolute atomic E-state index is 0.292. The molecule has 3 aromatic rings. The van der Waals surface area contributed by atoms with Crippen LogP contribution in [-0.4, -0.2) is 44.3 Å². The maximum Gasteiger partial charge on any atom is 0.325 e. The first-order valence-electron chi connectivity index (χ1n) is 11.0. The van der Waals surface area contributed by atoms with Crippen LogP contribution in [0.15, 0.2) is 42.5 Å². The van der Waals surface area contributed by atoms with E-state index in [1.54, 1.807) is 43.3 Å². The van der Waals surface area contributed by atoms with E-state index >= 15 is 0 Å². The Hall–Kier alpha value is -3.75. The van der Waals surface area contributed by atoms with Gasteiger partial charge < -0.3 is 15.6 Å². The van der Waals surface area contributed by atoms with E-state index in [1.165, 1.54) is 6.07 Å². The van der Waals surface area contributed by atoms with Gasteiger partial charge in [-0.15, -0.1) is 0 Å². The van der Waals surface area contributed by atoms with Crippen LogP contribution in [0.5, 0.6) is 0 Å². The molecule has 4 amide bonds. The highest BCUT2D eigenvalue weighted by Gasteiger charge is 2.54. The summed E-state index contributed by atoms with van der Waals surface area (Å²) < 4.78 is 13.9. The Labute approximate surface area is 189 Å². The van der Waals surface area contributed by atoms with Crippen LogP contribution in [0.2, 0.25) is 0 Å². The first kappa shape index (κ1) is 21.1. The molecule has 170 valence electrons. The van der Waals surface area contributed by atoms with Crippen molar-refractivity contribution in [3.8, 4) is 0 Å². The van der Waals surface area contributed by atoms with E-state index in [0.29, 0.717) is 47.4 Å². The van der Waals surface area contributed by atoms with E-state index in [9.17, 15) is 18.8 Å². The average molecular weight is 449 g/mol. The van der Waals surface area contributed by atoms with Gasteiger partial charge >= 0.3 is 6.03 Å². The Kier molecular flexibility index (Phi) is 5.11. The number of urea groups is 1. The van der Waals surface area contributed by atoms with Gasteiger partial charge in [0.05, 0.1) is 11.0 Å². The number of fused-ring (bicyclic) bond motifs is 1. The fourth-order valence-electron chi connectivity index (χ4n) is 4.72. The number of nitrogens with one attached hydrogen (secondary N) is 3. The zero-order valence-electron chi connectivity index (χ0n) is 18.2. The lowest BCUT2D eigenvalue weighted by molar-refractivity contribution is -0.136. The smallest absolute Gasteiger partial charge is 0.325 e. The monoisotopic (exact) mass is 449 g/mol. The zero-order chi connectivity index (χ0) is 23.2. The predicted molar refractivity (Wildman–Crippen MR) is 120 cm³/mol. The van der Waals surface area contributed by atoms with Crippen LogP contribution >= 0.6 is 0 Å². The predicted octanol–water partition coefficient (Wildman–Crippen LogP) is 3.48. The van der Waals surface area contributed by atoms with Gasteiger partial charge in [0.2, 0.25) is 5.91 Å². The van der Waals surface area contributed by atoms with Gasteiger partial charge in [-0.1, -0.05) is 31.0 Å². The second-order valence-electron chi connectivity index (χ2n) is 8.74. The third kappa shape index (κ3) is 3.73. The normalized spacial score (nSPS) is 18.2. The maximum atomic E-state index is 13.9. The summed E-state index contributed by atoms with van der Waals surface area (Å²) in [4.78, 5) is 46.9. The summed E-state index contributed by atoms with van der Waals surface area (Å²) in [7, 11) is 0. The molecular weight excluding hydrogens is 425 g/mol. The fourth-order valence-corrected chi connectivity index (χ4v) is 4.72. The Bertz CT molecular complexity index is 1260. The van der Waals surface area contributed by atoms with Crippen LogP contribution in [0, 0.1) is 5.82 Å². The number of rotatable bonds is 5. The molecule has 8 nitrogen and oxygen atoms in total. The lowest BCUT2D eigenvalue weighted by Crippen LogP contribution is -2.48. The first-order valence-corrected chi connectivity index (χ1v) is 11.0. The fraction of sp³-hybridized carbons (Fsp3) is 0.333. The number of aromatic nitrogens is 2. The van der Waals surface area contributed by atoms with Gasteiger partial charge in [0.15, 0.2) is 0 Å². The molecule has 3 N–H and O–H groups in total. The highest BCUT2D eigenvalue weighted by molar-refractivity contribution is 6.11. The van der Waals surface area contributed by atoms with Gasteiger partial charge in [0, 0.05) is 12.1 Å². The molecule has 33 heavy (non-hydrogen) atoms. The number of amides is 4. The minimum atomic E-state index is -0.952. The Morgan fingerprint density at radius 1 is 1.21 bits per heavy atom. The first-order chi connectivity index (χ1) is 15.9. The topological polar surface area (TPSA) is 107 Å². The van der Waals surface area contributed by atoms with Crippen LogP contribution in [-0.2, 0) is 16.0 Å². The molecule has 1 saturated carbocycles. The molecule has 5 rings (SSSR count). The molecule has 2 aromatic carbocycles. The van der Waals surface area contributed by atoms with Crippen molar-refractivity contribution in [3.63, 3.8) is 0 Å². The van der Waals surface area contributed by atoms with Crippen molar-refractivity contribution < 1.29 is 18.8 Å². The largest absolute Gasteiger partial charge is 0.342 e. The summed E-state index contributed by atoms with van der Waals surface area (Å²) >= 11 is 0. The molecule has 0 bridgehead atoms. The van der Waals surface area contributed by atoms with Gasteiger partial charge in [0.1, 0.15) is 23.2 Å². The number of hydrogen-bond acceptors (Lipinski definition) is 4. The van der Waals surface area contributed by atoms with Crippen molar-refractivity contribution in [1.29, 1.82) is 0 Å². The zero-order valence-corrected chi connectivity index (χ0v) is 18.2. The highest BCUT2D eigenvalue weighted by atomic mass is 19.1. The molecule has 1 unspecified atom stereocenters. The van der Waals surface area contributed by atoms with Crippen LogP contribution in [0.25, 0.3) is 11.0 Å². The standard InChI is InChI=1S/C24H24FN5O3/c1-14(30-22(32)24(29-23(30)33)10-4-5-11-24)21(31)26-16-8-9-18-19(13-16)28-20(27-18)12-15-6-2-3-7-17(15)25/h2-3,6-9,13-14H,4-5,10-12H2,1H3,(H,26,31)(H,27,28)(H,29,33). The Morgan fingerprint density at radius 2 is 1.97 bits per heavy atom. The summed E-state index contributed by atoms with van der Waals surface area (Å²) in [5.74, 6) is -0.471. The van der Waals surface area contributed by atoms with Crippen molar-refractivity contribution in [2.45, 2.75) is 50.6 Å². The number of carbonyl (C=O) groups excluding carboxylic acids is 3. The molecule has 1 spiro atoms. The van der Waals surface area contributed by atoms with E-state index in [4.69, 9.17) is 0 Å². The van der Waals surface area contributed by atoms with Gasteiger partial charge in [-0.25, -0.2) is 19.1 Å². The minimum Gasteiger partial charge on any atom is -0.342 e. The van der Waals surface area contributed by atoms with E-state index in [0.717, 1.165) is 17.7 Å². The molecule has 2 fully saturated rings. The van der Waals surface area contributed by atoms with Gasteiger partial charge in [0.25, 0.3) is 5.91 Å². The molecular formula is C24H24FN5O3. The second-order valence-corrected chi connectivity index (χ2v) is 8.74. The summed E-state index contributed by atoms with van der Waals surface area (Å²) in [5.41, 5.74) is 1.56. The molecule has 1 atom stereocenters. The van der Waals surface area contributed by atoms with Crippen LogP contribution in [0.1, 0.15) is 44.0 Å². The number of imide groups is 1. The van der Waals surface area contributed by atoms with Crippen LogP contribution in [0.4, 0.5) is 14.9 Å². The molecule has 2 aliphatic rings. The van der Waals surface area contributed by atoms with E-state index in [2.05, 4.69) is 20.6 Å². The maximum absolute atomic E-state index is 13.9. The van der Waals surface area contributed by atoms with Gasteiger partial charge in [-0.3, -0.25) is 9.59 Å². The third-order valence-electron chi connectivity index (χ3n) is 6.53. The Morgan fingerprint density at radius 3 is 2.73 bits per heavy atom. The van der Waals surface area contributed by atoms with Crippen LogP contribution < -0.4 is 10.6 Å². The van der Waals surface area contributed by atoms with E-state index < -0.39 is 23.5 Å². The lowest BCUT2D eigenvalue weighted by atomic mass is 9.97. The molecule has 0 radical (unpaired) electrons. The number of nitrogens with zero attached hydrogens (tertiary/aromatic N) is 2. The molecule has 1 saturated heterocycles. The van der Waals surface area contributed by atoms with E-state index in [1.807, 2.05) is 0 Å². The summed E-state index contributed by atoms with van der Waals surface area (Å²) in [6.45, 7) is 1.54. The SMILES string of the molecule is CC(C(=O)Nc1ccc2nc(Cc3ccccc3F)[nH]c2c1)N1C(=O)NC2(CCCC2)C1=O. The summed E-state index contributed by atoms with van der Waals surface area (Å²) in [5, 5.41) is 5.58. The van der Waals surface area contributed by atoms with Gasteiger partial charge in [-0.05, 0) is 49.6 Å². The molecule has 9 heteroatoms. The third-order valence-corrected chi connectivity index (χ3v) is 6.53. The number of aromatic amines is 1. The van der Waals surface area contributed by atoms with Crippen molar-refractivity contribution in [1.82, 2.24) is 20.2 Å². The second kappa shape index (κ2) is 7.99. The number of halogens is 1. The van der Waals surface area contributed by atoms with Crippen LogP contribution in [0.3, 0.4) is 0 Å². The number of carbonyl (C=O) groups is 3. The number of H-pyrrole nitrogens is 1. The molecule has 1 aliphatic heterocycles. The number of benzene rings is 2. The van der Waals surface area contributed by atoms with Crippen molar-refractivity contribution in [3.05, 3.63) is 59.7 Å². The van der Waals surface area contributed by atoms with Gasteiger partial charge in [-0.2, -0.15) is 0 Å². The summed E-state index contributed by atoms with van der Waals surface area (Å²) in [6.07, 6.45) is 3.28. The highest BCUT2D eigenvalue weighted by Crippen LogP contribution is 2.36. The molecule has 1 aromatic heterocycles. The van der Waals surface area contributed by atoms with Crippen molar-refractivity contribution in [2.24, 2.45) is 0 Å². The van der Waals surface area contributed by atoms with Crippen molar-refractivity contribution in [2.75, 3.05) is 5.32 Å². The summed E-state index contributed by atoms with van der Waals surface area (Å²) in [6, 6.07) is 10.2. The number of hydrogen-bond donors (Lipinski definition) is 3. The number of anilines is 1. The van der Waals surface area contributed by atoms with Crippen molar-refractivity contribution >= 4 is 34.6 Å². The quantitative estimate of drug-likeness (QED) is 0.519.